The van der Waals surface area contributed by atoms with Crippen molar-refractivity contribution in [3.05, 3.63) is 29.8 Å². The fourth-order valence-electron chi connectivity index (χ4n) is 0.720. The molecule has 0 fully saturated rings. The highest BCUT2D eigenvalue weighted by molar-refractivity contribution is 7.27. The predicted molar refractivity (Wildman–Crippen MR) is 50.9 cm³/mol. The van der Waals surface area contributed by atoms with Gasteiger partial charge in [-0.05, 0) is 10.9 Å². The Bertz CT molecular complexity index is 203. The molecule has 1 nitrogen and oxygen atoms in total. The Hall–Kier alpha value is -0.100. The van der Waals surface area contributed by atoms with Gasteiger partial charge in [-0.3, -0.25) is 0 Å². The summed E-state index contributed by atoms with van der Waals surface area (Å²) in [6.45, 7) is 0.627. The van der Waals surface area contributed by atoms with Crippen LogP contribution in [0.15, 0.2) is 24.3 Å². The van der Waals surface area contributed by atoms with Crippen molar-refractivity contribution in [1.29, 1.82) is 0 Å². The first-order valence-electron chi connectivity index (χ1n) is 2.87. The van der Waals surface area contributed by atoms with Gasteiger partial charge in [0.15, 0.2) is 0 Å². The average Bonchev–Trinajstić information content (AvgIpc) is 1.88. The van der Waals surface area contributed by atoms with Crippen LogP contribution in [0.4, 0.5) is 0 Å². The fourth-order valence-corrected chi connectivity index (χ4v) is 1.05. The van der Waals surface area contributed by atoms with E-state index in [-0.39, 0.29) is 12.4 Å². The van der Waals surface area contributed by atoms with Gasteiger partial charge in [-0.15, -0.1) is 21.6 Å². The SMILES string of the molecule is Cl.NCc1cccc(P)c1. The van der Waals surface area contributed by atoms with Crippen LogP contribution < -0.4 is 11.0 Å². The normalized spacial score (nSPS) is 8.60. The topological polar surface area (TPSA) is 26.0 Å². The van der Waals surface area contributed by atoms with Crippen molar-refractivity contribution in [2.75, 3.05) is 0 Å². The number of benzene rings is 1. The Morgan fingerprint density at radius 2 is 2.10 bits per heavy atom. The van der Waals surface area contributed by atoms with Gasteiger partial charge in [0, 0.05) is 6.54 Å². The maximum atomic E-state index is 5.41. The summed E-state index contributed by atoms with van der Waals surface area (Å²) in [7, 11) is 2.64. The van der Waals surface area contributed by atoms with E-state index in [0.717, 1.165) is 0 Å². The van der Waals surface area contributed by atoms with Crippen LogP contribution in [0.2, 0.25) is 0 Å². The molecule has 1 aromatic rings. The van der Waals surface area contributed by atoms with Crippen LogP contribution in [-0.4, -0.2) is 0 Å². The quantitative estimate of drug-likeness (QED) is 0.635. The molecule has 10 heavy (non-hydrogen) atoms. The molecule has 0 aliphatic rings. The zero-order valence-electron chi connectivity index (χ0n) is 5.58. The highest BCUT2D eigenvalue weighted by atomic mass is 35.5. The molecule has 0 amide bonds. The molecule has 2 N–H and O–H groups in total. The lowest BCUT2D eigenvalue weighted by Gasteiger charge is -1.95. The van der Waals surface area contributed by atoms with Crippen LogP contribution in [0, 0.1) is 0 Å². The summed E-state index contributed by atoms with van der Waals surface area (Å²) in [5, 5.41) is 1.19. The van der Waals surface area contributed by atoms with E-state index in [0.29, 0.717) is 6.54 Å². The Balaban J connectivity index is 0.000000810. The van der Waals surface area contributed by atoms with Crippen molar-refractivity contribution in [3.8, 4) is 0 Å². The molecule has 0 bridgehead atoms. The van der Waals surface area contributed by atoms with Crippen LogP contribution >= 0.6 is 21.6 Å². The van der Waals surface area contributed by atoms with Gasteiger partial charge in [0.05, 0.1) is 0 Å². The third kappa shape index (κ3) is 2.66. The minimum absolute atomic E-state index is 0. The minimum Gasteiger partial charge on any atom is -0.326 e. The lowest BCUT2D eigenvalue weighted by molar-refractivity contribution is 1.07. The lowest BCUT2D eigenvalue weighted by Crippen LogP contribution is -1.99. The summed E-state index contributed by atoms with van der Waals surface area (Å²) in [5.41, 5.74) is 6.59. The summed E-state index contributed by atoms with van der Waals surface area (Å²) in [6.07, 6.45) is 0. The Labute approximate surface area is 69.6 Å². The van der Waals surface area contributed by atoms with E-state index in [1.165, 1.54) is 10.9 Å². The van der Waals surface area contributed by atoms with Crippen LogP contribution in [0.1, 0.15) is 5.56 Å². The molecule has 0 aromatic heterocycles. The lowest BCUT2D eigenvalue weighted by atomic mass is 10.2. The number of hydrogen-bond donors (Lipinski definition) is 1. The Morgan fingerprint density at radius 3 is 2.50 bits per heavy atom. The minimum atomic E-state index is 0. The predicted octanol–water partition coefficient (Wildman–Crippen LogP) is 1.07. The molecule has 0 spiro atoms. The molecule has 1 unspecified atom stereocenters. The van der Waals surface area contributed by atoms with E-state index >= 15 is 0 Å². The van der Waals surface area contributed by atoms with Crippen LogP contribution in [0.3, 0.4) is 0 Å². The third-order valence-corrected chi connectivity index (χ3v) is 1.55. The second-order valence-electron chi connectivity index (χ2n) is 1.95. The molecule has 56 valence electrons. The number of halogens is 1. The Morgan fingerprint density at radius 1 is 1.40 bits per heavy atom. The molecular weight excluding hydrogens is 165 g/mol. The first kappa shape index (κ1) is 9.90. The highest BCUT2D eigenvalue weighted by Crippen LogP contribution is 1.96. The first-order chi connectivity index (χ1) is 4.33. The maximum Gasteiger partial charge on any atom is 0.0178 e. The van der Waals surface area contributed by atoms with Gasteiger partial charge < -0.3 is 5.73 Å². The summed E-state index contributed by atoms with van der Waals surface area (Å²) in [4.78, 5) is 0. The number of hydrogen-bond acceptors (Lipinski definition) is 1. The first-order valence-corrected chi connectivity index (χ1v) is 3.45. The molecule has 1 rings (SSSR count). The molecule has 1 atom stereocenters. The van der Waals surface area contributed by atoms with Gasteiger partial charge >= 0.3 is 0 Å². The monoisotopic (exact) mass is 175 g/mol. The van der Waals surface area contributed by atoms with E-state index in [1.807, 2.05) is 18.2 Å². The molecule has 0 aliphatic carbocycles. The summed E-state index contributed by atoms with van der Waals surface area (Å²) < 4.78 is 0. The van der Waals surface area contributed by atoms with E-state index in [4.69, 9.17) is 5.73 Å². The van der Waals surface area contributed by atoms with Gasteiger partial charge in [-0.1, -0.05) is 24.3 Å². The van der Waals surface area contributed by atoms with Crippen molar-refractivity contribution in [3.63, 3.8) is 0 Å². The van der Waals surface area contributed by atoms with E-state index in [1.54, 1.807) is 0 Å². The second kappa shape index (κ2) is 4.68. The summed E-state index contributed by atoms with van der Waals surface area (Å²) in [6, 6.07) is 8.12. The van der Waals surface area contributed by atoms with Crippen LogP contribution in [-0.2, 0) is 6.54 Å². The zero-order chi connectivity index (χ0) is 6.69. The maximum absolute atomic E-state index is 5.41. The molecule has 0 aliphatic heterocycles. The van der Waals surface area contributed by atoms with Gasteiger partial charge in [-0.2, -0.15) is 0 Å². The van der Waals surface area contributed by atoms with Crippen molar-refractivity contribution in [2.45, 2.75) is 6.54 Å². The number of nitrogens with two attached hydrogens (primary N) is 1. The van der Waals surface area contributed by atoms with E-state index in [2.05, 4.69) is 15.3 Å². The van der Waals surface area contributed by atoms with Crippen LogP contribution in [0.25, 0.3) is 0 Å². The standard InChI is InChI=1S/C7H10NP.ClH/c8-5-6-2-1-3-7(9)4-6;/h1-4H,5,8-9H2;1H. The summed E-state index contributed by atoms with van der Waals surface area (Å²) in [5.74, 6) is 0. The largest absolute Gasteiger partial charge is 0.326 e. The third-order valence-electron chi connectivity index (χ3n) is 1.19. The van der Waals surface area contributed by atoms with E-state index < -0.39 is 0 Å². The van der Waals surface area contributed by atoms with Crippen LogP contribution in [0.5, 0.6) is 0 Å². The van der Waals surface area contributed by atoms with Gasteiger partial charge in [0.2, 0.25) is 0 Å². The summed E-state index contributed by atoms with van der Waals surface area (Å²) >= 11 is 0. The molecule has 1 aromatic carbocycles. The van der Waals surface area contributed by atoms with E-state index in [9.17, 15) is 0 Å². The Kier molecular flexibility index (Phi) is 4.63. The molecule has 3 heteroatoms. The fraction of sp³-hybridized carbons (Fsp3) is 0.143. The van der Waals surface area contributed by atoms with Gasteiger partial charge in [-0.25, -0.2) is 0 Å². The molecular formula is C7H11ClNP. The molecule has 0 heterocycles. The van der Waals surface area contributed by atoms with Crippen molar-refractivity contribution >= 4 is 27.0 Å². The van der Waals surface area contributed by atoms with Gasteiger partial charge in [0.1, 0.15) is 0 Å². The average molecular weight is 176 g/mol. The zero-order valence-corrected chi connectivity index (χ0v) is 7.55. The number of rotatable bonds is 1. The molecule has 0 saturated heterocycles. The molecule has 0 radical (unpaired) electrons. The molecule has 0 saturated carbocycles. The van der Waals surface area contributed by atoms with Gasteiger partial charge in [0.25, 0.3) is 0 Å². The smallest absolute Gasteiger partial charge is 0.0178 e. The van der Waals surface area contributed by atoms with Crippen molar-refractivity contribution < 1.29 is 0 Å². The van der Waals surface area contributed by atoms with Crippen molar-refractivity contribution in [1.82, 2.24) is 0 Å². The highest BCUT2D eigenvalue weighted by Gasteiger charge is 1.86. The second-order valence-corrected chi connectivity index (χ2v) is 2.62. The van der Waals surface area contributed by atoms with Crippen molar-refractivity contribution in [2.24, 2.45) is 5.73 Å².